The summed E-state index contributed by atoms with van der Waals surface area (Å²) < 4.78 is 13.5. The number of esters is 1. The fourth-order valence-electron chi connectivity index (χ4n) is 11.3. The number of allylic oxidation sites excluding steroid dienone is 2. The Morgan fingerprint density at radius 1 is 1.09 bits per heavy atom. The number of hydrogen-bond donors (Lipinski definition) is 1. The third-order valence-electron chi connectivity index (χ3n) is 12.5. The molecule has 0 aromatic carbocycles. The first kappa shape index (κ1) is 22.7. The van der Waals surface area contributed by atoms with Crippen molar-refractivity contribution < 1.29 is 28.8 Å². The van der Waals surface area contributed by atoms with Crippen molar-refractivity contribution in [1.82, 2.24) is 0 Å². The monoisotopic (exact) mass is 482 g/mol. The van der Waals surface area contributed by atoms with Gasteiger partial charge in [-0.2, -0.15) is 0 Å². The van der Waals surface area contributed by atoms with Crippen LogP contribution in [-0.4, -0.2) is 41.6 Å². The van der Waals surface area contributed by atoms with Gasteiger partial charge in [-0.25, -0.2) is 0 Å². The standard InChI is InChI=1S/C29H39NO5/c1-16-9-20-19(21(31)10-16)11-22(32)24-25(20,3)15-29-27(5,26(24,4)13-23(33)35-29)6-7-28-12-17(2)8-18(34-28)14-30(28)29/h10,17-20,24H,6-9,11-15H2,1-5H3/p+1/t17-,18-,19-,20+,24-,25-,26-,27-,28-,29+/m0/s1. The van der Waals surface area contributed by atoms with Crippen LogP contribution in [0.3, 0.4) is 0 Å². The van der Waals surface area contributed by atoms with Gasteiger partial charge in [-0.1, -0.05) is 26.3 Å². The lowest BCUT2D eigenvalue weighted by molar-refractivity contribution is -1.04. The summed E-state index contributed by atoms with van der Waals surface area (Å²) in [5, 5.41) is 0. The van der Waals surface area contributed by atoms with Gasteiger partial charge in [0.1, 0.15) is 18.4 Å². The van der Waals surface area contributed by atoms with Crippen molar-refractivity contribution in [2.24, 2.45) is 39.9 Å². The zero-order valence-corrected chi connectivity index (χ0v) is 21.9. The maximum Gasteiger partial charge on any atom is 0.311 e. The van der Waals surface area contributed by atoms with Gasteiger partial charge in [0.15, 0.2) is 5.78 Å². The summed E-state index contributed by atoms with van der Waals surface area (Å²) in [6, 6.07) is 0. The number of ether oxygens (including phenoxy) is 2. The number of piperidine rings is 1. The lowest BCUT2D eigenvalue weighted by atomic mass is 9.34. The number of fused-ring (bicyclic) bond motifs is 5. The van der Waals surface area contributed by atoms with E-state index in [1.54, 1.807) is 6.08 Å². The predicted molar refractivity (Wildman–Crippen MR) is 127 cm³/mol. The Labute approximate surface area is 208 Å². The van der Waals surface area contributed by atoms with Crippen molar-refractivity contribution in [1.29, 1.82) is 0 Å². The highest BCUT2D eigenvalue weighted by atomic mass is 16.6. The number of carbonyl (C=O) groups excluding carboxylic acids is 3. The topological polar surface area (TPSA) is 74.1 Å². The van der Waals surface area contributed by atoms with Crippen molar-refractivity contribution >= 4 is 17.5 Å². The van der Waals surface area contributed by atoms with Crippen LogP contribution in [0.25, 0.3) is 0 Å². The number of ketones is 2. The summed E-state index contributed by atoms with van der Waals surface area (Å²) in [7, 11) is 0. The average Bonchev–Trinajstić information content (AvgIpc) is 3.01. The Morgan fingerprint density at radius 3 is 2.63 bits per heavy atom. The summed E-state index contributed by atoms with van der Waals surface area (Å²) in [4.78, 5) is 41.9. The number of quaternary nitrogens is 1. The van der Waals surface area contributed by atoms with Crippen molar-refractivity contribution in [2.45, 2.75) is 104 Å². The van der Waals surface area contributed by atoms with E-state index >= 15 is 0 Å². The molecule has 0 amide bonds. The molecule has 6 fully saturated rings. The Morgan fingerprint density at radius 2 is 1.86 bits per heavy atom. The quantitative estimate of drug-likeness (QED) is 0.538. The van der Waals surface area contributed by atoms with E-state index in [9.17, 15) is 14.4 Å². The molecular formula is C29H40NO5+. The highest BCUT2D eigenvalue weighted by molar-refractivity contribution is 5.98. The van der Waals surface area contributed by atoms with E-state index < -0.39 is 16.6 Å². The average molecular weight is 483 g/mol. The summed E-state index contributed by atoms with van der Waals surface area (Å²) >= 11 is 0. The summed E-state index contributed by atoms with van der Waals surface area (Å²) in [6.45, 7) is 12.1. The Hall–Kier alpha value is -1.53. The Bertz CT molecular complexity index is 1100. The minimum atomic E-state index is -0.723. The molecule has 6 nitrogen and oxygen atoms in total. The molecular weight excluding hydrogens is 442 g/mol. The number of nitrogens with one attached hydrogen (secondary N) is 1. The van der Waals surface area contributed by atoms with E-state index in [1.165, 1.54) is 4.90 Å². The highest BCUT2D eigenvalue weighted by Crippen LogP contribution is 2.74. The summed E-state index contributed by atoms with van der Waals surface area (Å²) in [6.07, 6.45) is 8.01. The van der Waals surface area contributed by atoms with Crippen LogP contribution in [0.1, 0.15) is 86.0 Å². The maximum atomic E-state index is 14.0. The molecule has 4 saturated heterocycles. The van der Waals surface area contributed by atoms with Gasteiger partial charge in [0.25, 0.3) is 5.72 Å². The van der Waals surface area contributed by atoms with E-state index in [2.05, 4.69) is 34.6 Å². The van der Waals surface area contributed by atoms with E-state index in [-0.39, 0.29) is 52.5 Å². The van der Waals surface area contributed by atoms with Crippen LogP contribution in [0.15, 0.2) is 11.6 Å². The molecule has 2 saturated carbocycles. The van der Waals surface area contributed by atoms with Crippen LogP contribution in [0.4, 0.5) is 0 Å². The summed E-state index contributed by atoms with van der Waals surface area (Å²) in [5.41, 5.74) is -1.11. The second-order valence-corrected chi connectivity index (χ2v) is 14.3. The predicted octanol–water partition coefficient (Wildman–Crippen LogP) is 3.00. The third-order valence-corrected chi connectivity index (χ3v) is 12.5. The first-order valence-corrected chi connectivity index (χ1v) is 13.9. The number of carbonyl (C=O) groups is 3. The van der Waals surface area contributed by atoms with Gasteiger partial charge in [-0.05, 0) is 56.4 Å². The van der Waals surface area contributed by atoms with Crippen LogP contribution in [0.5, 0.6) is 0 Å². The van der Waals surface area contributed by atoms with Crippen molar-refractivity contribution in [3.05, 3.63) is 11.6 Å². The van der Waals surface area contributed by atoms with E-state index in [0.717, 1.165) is 44.2 Å². The van der Waals surface area contributed by atoms with Gasteiger partial charge < -0.3 is 9.47 Å². The van der Waals surface area contributed by atoms with Gasteiger partial charge in [0.2, 0.25) is 5.72 Å². The molecule has 7 aliphatic rings. The largest absolute Gasteiger partial charge is 0.409 e. The molecule has 11 atom stereocenters. The second-order valence-electron chi connectivity index (χ2n) is 14.3. The lowest BCUT2D eigenvalue weighted by Crippen LogP contribution is -3.29. The molecule has 0 radical (unpaired) electrons. The van der Waals surface area contributed by atoms with Crippen LogP contribution in [-0.2, 0) is 23.9 Å². The molecule has 7 rings (SSSR count). The number of Topliss-reactive ketones (excluding diaryl/α,β-unsaturated/α-hetero) is 1. The van der Waals surface area contributed by atoms with Crippen molar-refractivity contribution in [2.75, 3.05) is 6.54 Å². The smallest absolute Gasteiger partial charge is 0.311 e. The molecule has 4 heterocycles. The number of rotatable bonds is 0. The summed E-state index contributed by atoms with van der Waals surface area (Å²) in [5.74, 6) is 0.394. The molecule has 1 spiro atoms. The fraction of sp³-hybridized carbons (Fsp3) is 0.828. The zero-order chi connectivity index (χ0) is 24.8. The SMILES string of the molecule is CC1=CC(=O)[C@H]2CC(=O)[C@H]3[C@@](C)(C[C@@]45OC(=O)C[C@]3(C)[C@]4(C)CC[C@]34C[C@@H](C)C[C@@H](C[NH+]35)O4)[C@@H]2C1. The molecule has 35 heavy (non-hydrogen) atoms. The maximum absolute atomic E-state index is 14.0. The normalized spacial score (nSPS) is 58.4. The van der Waals surface area contributed by atoms with Crippen molar-refractivity contribution in [3.63, 3.8) is 0 Å². The molecule has 0 aromatic rings. The van der Waals surface area contributed by atoms with Crippen LogP contribution >= 0.6 is 0 Å². The van der Waals surface area contributed by atoms with Gasteiger partial charge in [0, 0.05) is 42.9 Å². The van der Waals surface area contributed by atoms with E-state index in [4.69, 9.17) is 9.47 Å². The minimum Gasteiger partial charge on any atom is -0.409 e. The van der Waals surface area contributed by atoms with Crippen LogP contribution < -0.4 is 4.90 Å². The highest BCUT2D eigenvalue weighted by Gasteiger charge is 2.85. The van der Waals surface area contributed by atoms with Crippen molar-refractivity contribution in [3.8, 4) is 0 Å². The van der Waals surface area contributed by atoms with Gasteiger partial charge in [-0.15, -0.1) is 0 Å². The minimum absolute atomic E-state index is 0.111. The van der Waals surface area contributed by atoms with Gasteiger partial charge in [0.05, 0.1) is 11.8 Å². The molecule has 190 valence electrons. The molecule has 1 unspecified atom stereocenters. The lowest BCUT2D eigenvalue weighted by Gasteiger charge is -2.74. The fourth-order valence-corrected chi connectivity index (χ4v) is 11.3. The van der Waals surface area contributed by atoms with Crippen LogP contribution in [0, 0.1) is 39.9 Å². The first-order chi connectivity index (χ1) is 16.4. The van der Waals surface area contributed by atoms with Gasteiger partial charge >= 0.3 is 5.97 Å². The molecule has 3 aliphatic carbocycles. The van der Waals surface area contributed by atoms with E-state index in [0.29, 0.717) is 25.2 Å². The molecule has 4 aliphatic heterocycles. The van der Waals surface area contributed by atoms with Crippen LogP contribution in [0.2, 0.25) is 0 Å². The molecule has 0 aromatic heterocycles. The Balaban J connectivity index is 1.44. The number of hydrogen-bond acceptors (Lipinski definition) is 5. The van der Waals surface area contributed by atoms with E-state index in [1.807, 2.05) is 0 Å². The zero-order valence-electron chi connectivity index (χ0n) is 21.9. The molecule has 4 bridgehead atoms. The van der Waals surface area contributed by atoms with Gasteiger partial charge in [-0.3, -0.25) is 19.3 Å². The Kier molecular flexibility index (Phi) is 4.19. The second kappa shape index (κ2) is 6.48. The molecule has 1 N–H and O–H groups in total. The third kappa shape index (κ3) is 2.43. The molecule has 6 heteroatoms. The first-order valence-electron chi connectivity index (χ1n) is 13.9.